The highest BCUT2D eigenvalue weighted by Crippen LogP contribution is 2.89. The zero-order chi connectivity index (χ0) is 31.6. The van der Waals surface area contributed by atoms with Gasteiger partial charge in [0.15, 0.2) is 12.1 Å². The van der Waals surface area contributed by atoms with E-state index in [-0.39, 0.29) is 46.4 Å². The normalized spacial score (nSPS) is 60.4. The first-order chi connectivity index (χ1) is 20.4. The van der Waals surface area contributed by atoms with Crippen molar-refractivity contribution in [3.05, 3.63) is 11.6 Å². The number of rotatable bonds is 3. The summed E-state index contributed by atoms with van der Waals surface area (Å²) in [6.45, 7) is 15.0. The first kappa shape index (κ1) is 30.7. The molecule has 16 atom stereocenters. The number of ether oxygens (including phenoxy) is 4. The van der Waals surface area contributed by atoms with Gasteiger partial charge in [-0.1, -0.05) is 46.3 Å². The van der Waals surface area contributed by atoms with E-state index in [4.69, 9.17) is 18.9 Å². The van der Waals surface area contributed by atoms with E-state index >= 15 is 0 Å². The predicted molar refractivity (Wildman–Crippen MR) is 159 cm³/mol. The average Bonchev–Trinajstić information content (AvgIpc) is 3.45. The van der Waals surface area contributed by atoms with E-state index in [1.807, 2.05) is 0 Å². The molecule has 7 fully saturated rings. The van der Waals surface area contributed by atoms with Crippen LogP contribution in [0.15, 0.2) is 11.6 Å². The van der Waals surface area contributed by atoms with Crippen molar-refractivity contribution in [3.63, 3.8) is 0 Å². The summed E-state index contributed by atoms with van der Waals surface area (Å²) in [6.07, 6.45) is 2.81. The Morgan fingerprint density at radius 3 is 2.41 bits per heavy atom. The third kappa shape index (κ3) is 3.33. The lowest BCUT2D eigenvalue weighted by atomic mass is 9.44. The van der Waals surface area contributed by atoms with Crippen molar-refractivity contribution < 1.29 is 44.5 Å². The number of hydrogen-bond acceptors (Lipinski definition) is 9. The maximum atomic E-state index is 12.6. The Labute approximate surface area is 261 Å². The second-order valence-electron chi connectivity index (χ2n) is 17.8. The molecule has 0 aromatic heterocycles. The molecule has 9 nitrogen and oxygen atoms in total. The molecule has 0 amide bonds. The molecule has 5 N–H and O–H groups in total. The minimum Gasteiger partial charge on any atom is -0.388 e. The van der Waals surface area contributed by atoms with Crippen LogP contribution in [-0.2, 0) is 18.9 Å². The van der Waals surface area contributed by atoms with Gasteiger partial charge in [-0.05, 0) is 92.3 Å². The summed E-state index contributed by atoms with van der Waals surface area (Å²) < 4.78 is 25.7. The fourth-order valence-corrected chi connectivity index (χ4v) is 13.1. The zero-order valence-electron chi connectivity index (χ0n) is 27.5. The van der Waals surface area contributed by atoms with Crippen LogP contribution in [0.25, 0.3) is 0 Å². The van der Waals surface area contributed by atoms with Crippen LogP contribution in [0.1, 0.15) is 93.4 Å². The number of hydrogen-bond donors (Lipinski definition) is 5. The van der Waals surface area contributed by atoms with Crippen LogP contribution in [0.5, 0.6) is 0 Å². The van der Waals surface area contributed by atoms with Gasteiger partial charge in [-0.15, -0.1) is 0 Å². The molecule has 4 saturated carbocycles. The van der Waals surface area contributed by atoms with Crippen molar-refractivity contribution in [2.75, 3.05) is 6.61 Å². The van der Waals surface area contributed by atoms with Gasteiger partial charge in [-0.3, -0.25) is 0 Å². The molecule has 12 unspecified atom stereocenters. The maximum absolute atomic E-state index is 12.6. The molecule has 3 saturated heterocycles. The van der Waals surface area contributed by atoms with Gasteiger partial charge >= 0.3 is 0 Å². The zero-order valence-corrected chi connectivity index (χ0v) is 27.5. The van der Waals surface area contributed by atoms with Gasteiger partial charge in [-0.25, -0.2) is 0 Å². The monoisotopic (exact) mass is 618 g/mol. The number of aliphatic hydroxyl groups is 5. The first-order valence-electron chi connectivity index (χ1n) is 17.2. The topological polar surface area (TPSA) is 138 Å². The number of fused-ring (bicyclic) bond motifs is 4. The molecule has 0 radical (unpaired) electrons. The molecule has 2 bridgehead atoms. The molecular formula is C35H54O9. The van der Waals surface area contributed by atoms with E-state index in [9.17, 15) is 25.5 Å². The van der Waals surface area contributed by atoms with Crippen LogP contribution in [0.4, 0.5) is 0 Å². The summed E-state index contributed by atoms with van der Waals surface area (Å²) in [5, 5.41) is 54.4. The summed E-state index contributed by atoms with van der Waals surface area (Å²) in [7, 11) is 0. The van der Waals surface area contributed by atoms with Crippen molar-refractivity contribution in [1.29, 1.82) is 0 Å². The molecule has 3 aliphatic heterocycles. The smallest absolute Gasteiger partial charge is 0.199 e. The Bertz CT molecular complexity index is 1260. The third-order valence-electron chi connectivity index (χ3n) is 15.2. The second-order valence-corrected chi connectivity index (χ2v) is 17.8. The van der Waals surface area contributed by atoms with Crippen molar-refractivity contribution >= 4 is 0 Å². The average molecular weight is 619 g/mol. The molecule has 8 aliphatic rings. The minimum atomic E-state index is -1.30. The summed E-state index contributed by atoms with van der Waals surface area (Å²) in [5.74, 6) is -0.431. The lowest BCUT2D eigenvalue weighted by Gasteiger charge is -2.60. The van der Waals surface area contributed by atoms with Gasteiger partial charge in [-0.2, -0.15) is 0 Å². The Hall–Kier alpha value is -0.620. The van der Waals surface area contributed by atoms with Crippen molar-refractivity contribution in [1.82, 2.24) is 0 Å². The summed E-state index contributed by atoms with van der Waals surface area (Å²) in [6, 6.07) is 0. The minimum absolute atomic E-state index is 0.0234. The van der Waals surface area contributed by atoms with Crippen molar-refractivity contribution in [2.24, 2.45) is 44.8 Å². The fourth-order valence-electron chi connectivity index (χ4n) is 13.1. The van der Waals surface area contributed by atoms with Gasteiger partial charge in [0.1, 0.15) is 30.5 Å². The van der Waals surface area contributed by atoms with Crippen LogP contribution in [0.3, 0.4) is 0 Å². The van der Waals surface area contributed by atoms with Crippen LogP contribution >= 0.6 is 0 Å². The van der Waals surface area contributed by atoms with Crippen molar-refractivity contribution in [3.8, 4) is 0 Å². The lowest BCUT2D eigenvalue weighted by Crippen LogP contribution is -2.58. The second kappa shape index (κ2) is 8.88. The van der Waals surface area contributed by atoms with Gasteiger partial charge in [0.25, 0.3) is 0 Å². The number of allylic oxidation sites excluding steroid dienone is 1. The highest BCUT2D eigenvalue weighted by atomic mass is 16.8. The number of aliphatic hydroxyl groups excluding tert-OH is 4. The summed E-state index contributed by atoms with van der Waals surface area (Å²) in [4.78, 5) is 0. The molecule has 9 heteroatoms. The van der Waals surface area contributed by atoms with Gasteiger partial charge in [0.05, 0.1) is 24.4 Å². The predicted octanol–water partition coefficient (Wildman–Crippen LogP) is 3.04. The largest absolute Gasteiger partial charge is 0.388 e. The quantitative estimate of drug-likeness (QED) is 0.302. The van der Waals surface area contributed by atoms with Crippen LogP contribution in [-0.4, -0.2) is 92.5 Å². The molecule has 5 aliphatic carbocycles. The SMILES string of the molecule is CC1CC2OC3(OC2C(C)(C)O)C1C1(C)CCC24CC25CCC(O[C@@H]2OC[C@@H](O)[C@H](O)[C@H]2O)C(C)(C)C5CC=C4C1(C)C3O. The van der Waals surface area contributed by atoms with E-state index in [1.165, 1.54) is 5.57 Å². The van der Waals surface area contributed by atoms with Gasteiger partial charge in [0.2, 0.25) is 0 Å². The standard InChI is InChI=1S/C35H54O9/c1-17-14-19-26(30(4,5)40)44-35(43-19)25(17)31(6)12-13-34-16-33(34)11-10-22(42-27-24(38)23(37)18(36)15-41-27)29(2,3)20(33)8-9-21(34)32(31,7)28(35)39/h9,17-20,22-28,36-40H,8,10-16H2,1-7H3/t17?,18-,19?,20?,22?,23+,24-,25?,26?,27+,28?,31?,32?,33?,34?,35?/m1/s1. The van der Waals surface area contributed by atoms with E-state index in [0.717, 1.165) is 44.9 Å². The first-order valence-corrected chi connectivity index (χ1v) is 17.2. The van der Waals surface area contributed by atoms with E-state index in [1.54, 1.807) is 13.8 Å². The Balaban J connectivity index is 1.13. The van der Waals surface area contributed by atoms with Gasteiger partial charge in [0, 0.05) is 11.3 Å². The highest BCUT2D eigenvalue weighted by Gasteiger charge is 2.86. The van der Waals surface area contributed by atoms with Crippen molar-refractivity contribution in [2.45, 2.75) is 154 Å². The van der Waals surface area contributed by atoms with Crippen LogP contribution in [0.2, 0.25) is 0 Å². The maximum Gasteiger partial charge on any atom is 0.199 e. The van der Waals surface area contributed by atoms with E-state index in [2.05, 4.69) is 40.7 Å². The van der Waals surface area contributed by atoms with Crippen LogP contribution in [0, 0.1) is 44.8 Å². The molecule has 3 heterocycles. The van der Waals surface area contributed by atoms with Crippen LogP contribution < -0.4 is 0 Å². The van der Waals surface area contributed by atoms with Gasteiger partial charge < -0.3 is 44.5 Å². The molecular weight excluding hydrogens is 564 g/mol. The molecule has 0 aromatic carbocycles. The fraction of sp³-hybridized carbons (Fsp3) is 0.943. The molecule has 8 rings (SSSR count). The third-order valence-corrected chi connectivity index (χ3v) is 15.2. The molecule has 248 valence electrons. The Morgan fingerprint density at radius 1 is 0.977 bits per heavy atom. The summed E-state index contributed by atoms with van der Waals surface area (Å²) in [5.41, 5.74) is -0.456. The highest BCUT2D eigenvalue weighted by molar-refractivity contribution is 5.48. The summed E-state index contributed by atoms with van der Waals surface area (Å²) >= 11 is 0. The molecule has 3 spiro atoms. The Morgan fingerprint density at radius 2 is 1.70 bits per heavy atom. The van der Waals surface area contributed by atoms with E-state index < -0.39 is 53.6 Å². The Kier molecular flexibility index (Phi) is 6.20. The van der Waals surface area contributed by atoms with E-state index in [0.29, 0.717) is 11.8 Å². The molecule has 44 heavy (non-hydrogen) atoms. The molecule has 0 aromatic rings. The lowest BCUT2D eigenvalue weighted by molar-refractivity contribution is -0.300.